The average Bonchev–Trinajstić information content (AvgIpc) is 2.80. The summed E-state index contributed by atoms with van der Waals surface area (Å²) in [6.07, 6.45) is 1.04. The van der Waals surface area contributed by atoms with Crippen molar-refractivity contribution in [1.29, 1.82) is 0 Å². The highest BCUT2D eigenvalue weighted by Gasteiger charge is 2.37. The van der Waals surface area contributed by atoms with Crippen LogP contribution in [0, 0.1) is 5.92 Å². The number of piperidine rings is 1. The number of carbonyl (C=O) groups excluding carboxylic acids is 1. The van der Waals surface area contributed by atoms with Crippen LogP contribution in [0.15, 0.2) is 41.2 Å². The van der Waals surface area contributed by atoms with Crippen molar-refractivity contribution in [1.82, 2.24) is 14.8 Å². The van der Waals surface area contributed by atoms with Gasteiger partial charge in [0.1, 0.15) is 19.6 Å². The third-order valence-corrected chi connectivity index (χ3v) is 7.25. The molecule has 176 valence electrons. The first-order valence-electron chi connectivity index (χ1n) is 12.3. The predicted octanol–water partition coefficient (Wildman–Crippen LogP) is 1.47. The molecule has 3 aliphatic rings. The Bertz CT molecular complexity index is 1070. The van der Waals surface area contributed by atoms with Gasteiger partial charge in [-0.05, 0) is 43.9 Å². The number of benzene rings is 1. The molecule has 33 heavy (non-hydrogen) atoms. The van der Waals surface area contributed by atoms with Gasteiger partial charge in [-0.3, -0.25) is 4.79 Å². The van der Waals surface area contributed by atoms with E-state index in [1.165, 1.54) is 10.5 Å². The Morgan fingerprint density at radius 1 is 1.09 bits per heavy atom. The third kappa shape index (κ3) is 4.57. The van der Waals surface area contributed by atoms with Crippen LogP contribution >= 0.6 is 0 Å². The summed E-state index contributed by atoms with van der Waals surface area (Å²) in [6, 6.07) is 12.6. The Balaban J connectivity index is 1.43. The first-order chi connectivity index (χ1) is 16.0. The summed E-state index contributed by atoms with van der Waals surface area (Å²) >= 11 is 0. The van der Waals surface area contributed by atoms with Crippen LogP contribution < -0.4 is 15.8 Å². The number of morpholine rings is 1. The van der Waals surface area contributed by atoms with Crippen molar-refractivity contribution in [2.45, 2.75) is 45.3 Å². The number of ether oxygens (including phenoxy) is 1. The van der Waals surface area contributed by atoms with Gasteiger partial charge in [0.15, 0.2) is 0 Å². The fourth-order valence-corrected chi connectivity index (χ4v) is 5.70. The standard InChI is InChI=1S/C26H34N4O3/c1-18(2)27-26(32)29-14-19-13-21(17-29)24-8-7-23(25(31)30(24)15-19)22-6-4-3-5-20(22)16-28-9-11-33-12-10-28/h3-8,18-19,21H,9-17H2,1-2H3,(H,27,32)/p+1/t19-,21+/m0/s1. The van der Waals surface area contributed by atoms with E-state index >= 15 is 0 Å². The van der Waals surface area contributed by atoms with Gasteiger partial charge >= 0.3 is 6.03 Å². The van der Waals surface area contributed by atoms with E-state index in [0.717, 1.165) is 56.1 Å². The van der Waals surface area contributed by atoms with Gasteiger partial charge in [0.25, 0.3) is 5.56 Å². The Morgan fingerprint density at radius 2 is 1.88 bits per heavy atom. The minimum absolute atomic E-state index is 0.00616. The van der Waals surface area contributed by atoms with Gasteiger partial charge in [-0.25, -0.2) is 4.79 Å². The van der Waals surface area contributed by atoms with Crippen molar-refractivity contribution in [3.05, 3.63) is 58.0 Å². The zero-order chi connectivity index (χ0) is 22.9. The summed E-state index contributed by atoms with van der Waals surface area (Å²) in [5.74, 6) is 0.528. The van der Waals surface area contributed by atoms with Gasteiger partial charge < -0.3 is 24.4 Å². The highest BCUT2D eigenvalue weighted by Crippen LogP contribution is 2.36. The van der Waals surface area contributed by atoms with Crippen LogP contribution in [-0.2, 0) is 17.8 Å². The molecule has 2 atom stereocenters. The molecule has 2 N–H and O–H groups in total. The van der Waals surface area contributed by atoms with Gasteiger partial charge in [-0.2, -0.15) is 0 Å². The average molecular weight is 452 g/mol. The van der Waals surface area contributed by atoms with E-state index in [9.17, 15) is 9.59 Å². The van der Waals surface area contributed by atoms with E-state index in [1.54, 1.807) is 0 Å². The third-order valence-electron chi connectivity index (χ3n) is 7.25. The second kappa shape index (κ2) is 9.31. The van der Waals surface area contributed by atoms with Crippen LogP contribution in [0.4, 0.5) is 4.79 Å². The highest BCUT2D eigenvalue weighted by atomic mass is 16.5. The first kappa shape index (κ1) is 22.2. The van der Waals surface area contributed by atoms with E-state index in [4.69, 9.17) is 4.74 Å². The SMILES string of the molecule is CC(C)NC(=O)N1C[C@@H]2C[C@H](C1)c1ccc(-c3ccccc3C[NH+]3CCOCC3)c(=O)n1C2. The van der Waals surface area contributed by atoms with Crippen molar-refractivity contribution >= 4 is 6.03 Å². The molecule has 2 fully saturated rings. The second-order valence-electron chi connectivity index (χ2n) is 10.1. The first-order valence-corrected chi connectivity index (χ1v) is 12.3. The van der Waals surface area contributed by atoms with Crippen LogP contribution in [0.1, 0.15) is 37.4 Å². The number of nitrogens with zero attached hydrogens (tertiary/aromatic N) is 2. The molecule has 7 nitrogen and oxygen atoms in total. The monoisotopic (exact) mass is 451 g/mol. The predicted molar refractivity (Wildman–Crippen MR) is 127 cm³/mol. The maximum Gasteiger partial charge on any atom is 0.317 e. The molecule has 2 bridgehead atoms. The molecule has 2 aromatic rings. The molecule has 7 heteroatoms. The van der Waals surface area contributed by atoms with Crippen molar-refractivity contribution in [2.75, 3.05) is 39.4 Å². The maximum absolute atomic E-state index is 13.7. The number of amides is 2. The lowest BCUT2D eigenvalue weighted by atomic mass is 9.83. The van der Waals surface area contributed by atoms with E-state index in [-0.39, 0.29) is 23.6 Å². The molecular weight excluding hydrogens is 416 g/mol. The van der Waals surface area contributed by atoms with Crippen molar-refractivity contribution in [2.24, 2.45) is 5.92 Å². The summed E-state index contributed by atoms with van der Waals surface area (Å²) < 4.78 is 7.50. The van der Waals surface area contributed by atoms with Crippen LogP contribution in [0.5, 0.6) is 0 Å². The van der Waals surface area contributed by atoms with Crippen LogP contribution in [0.2, 0.25) is 0 Å². The number of nitrogens with one attached hydrogen (secondary N) is 2. The summed E-state index contributed by atoms with van der Waals surface area (Å²) in [6.45, 7) is 10.5. The van der Waals surface area contributed by atoms with Gasteiger partial charge in [-0.15, -0.1) is 0 Å². The number of carbonyl (C=O) groups is 1. The lowest BCUT2D eigenvalue weighted by Gasteiger charge is -2.43. The lowest BCUT2D eigenvalue weighted by Crippen LogP contribution is -3.12. The van der Waals surface area contributed by atoms with Crippen molar-refractivity contribution in [3.63, 3.8) is 0 Å². The molecule has 4 heterocycles. The summed E-state index contributed by atoms with van der Waals surface area (Å²) in [4.78, 5) is 29.7. The summed E-state index contributed by atoms with van der Waals surface area (Å²) in [5.41, 5.74) is 4.23. The molecule has 0 radical (unpaired) electrons. The Labute approximate surface area is 195 Å². The molecule has 2 amide bonds. The van der Waals surface area contributed by atoms with Crippen LogP contribution in [-0.4, -0.2) is 60.9 Å². The number of hydrogen-bond acceptors (Lipinski definition) is 3. The number of likely N-dealkylation sites (tertiary alicyclic amines) is 1. The van der Waals surface area contributed by atoms with Gasteiger partial charge in [0, 0.05) is 48.4 Å². The second-order valence-corrected chi connectivity index (χ2v) is 10.1. The van der Waals surface area contributed by atoms with Crippen LogP contribution in [0.3, 0.4) is 0 Å². The van der Waals surface area contributed by atoms with E-state index in [1.807, 2.05) is 35.4 Å². The number of pyridine rings is 1. The molecule has 0 saturated carbocycles. The summed E-state index contributed by atoms with van der Waals surface area (Å²) in [5, 5.41) is 3.02. The number of rotatable bonds is 4. The van der Waals surface area contributed by atoms with E-state index < -0.39 is 0 Å². The largest absolute Gasteiger partial charge is 0.370 e. The molecule has 2 saturated heterocycles. The van der Waals surface area contributed by atoms with Gasteiger partial charge in [0.2, 0.25) is 0 Å². The molecule has 0 spiro atoms. The smallest absolute Gasteiger partial charge is 0.317 e. The van der Waals surface area contributed by atoms with Crippen molar-refractivity contribution < 1.29 is 14.4 Å². The number of hydrogen-bond donors (Lipinski definition) is 2. The maximum atomic E-state index is 13.7. The number of quaternary nitrogens is 1. The van der Waals surface area contributed by atoms with Crippen LogP contribution in [0.25, 0.3) is 11.1 Å². The Kier molecular flexibility index (Phi) is 6.25. The molecule has 0 aliphatic carbocycles. The Morgan fingerprint density at radius 3 is 2.67 bits per heavy atom. The molecule has 1 aromatic heterocycles. The molecule has 5 rings (SSSR count). The molecule has 0 unspecified atom stereocenters. The molecular formula is C26H35N4O3+. The zero-order valence-corrected chi connectivity index (χ0v) is 19.7. The number of urea groups is 1. The fraction of sp³-hybridized carbons (Fsp3) is 0.538. The van der Waals surface area contributed by atoms with Crippen molar-refractivity contribution in [3.8, 4) is 11.1 Å². The number of aromatic nitrogens is 1. The van der Waals surface area contributed by atoms with E-state index in [0.29, 0.717) is 25.6 Å². The Hall–Kier alpha value is -2.64. The van der Waals surface area contributed by atoms with Gasteiger partial charge in [0.05, 0.1) is 13.2 Å². The quantitative estimate of drug-likeness (QED) is 0.740. The van der Waals surface area contributed by atoms with Gasteiger partial charge in [-0.1, -0.05) is 24.3 Å². The lowest BCUT2D eigenvalue weighted by molar-refractivity contribution is -0.921. The molecule has 1 aromatic carbocycles. The summed E-state index contributed by atoms with van der Waals surface area (Å²) in [7, 11) is 0. The molecule has 3 aliphatic heterocycles. The number of fused-ring (bicyclic) bond motifs is 4. The minimum Gasteiger partial charge on any atom is -0.370 e. The van der Waals surface area contributed by atoms with E-state index in [2.05, 4.69) is 29.6 Å². The zero-order valence-electron chi connectivity index (χ0n) is 19.7. The minimum atomic E-state index is 0.00616. The fourth-order valence-electron chi connectivity index (χ4n) is 5.70. The normalized spacial score (nSPS) is 22.8. The highest BCUT2D eigenvalue weighted by molar-refractivity contribution is 5.74. The topological polar surface area (TPSA) is 68.0 Å².